The molecule has 0 radical (unpaired) electrons. The van der Waals surface area contributed by atoms with Gasteiger partial charge in [-0.05, 0) is 49.2 Å². The second kappa shape index (κ2) is 6.32. The van der Waals surface area contributed by atoms with Crippen LogP contribution in [-0.4, -0.2) is 22.5 Å². The highest BCUT2D eigenvalue weighted by Crippen LogP contribution is 2.61. The van der Waals surface area contributed by atoms with E-state index in [4.69, 9.17) is 13.9 Å². The Morgan fingerprint density at radius 3 is 2.29 bits per heavy atom. The fourth-order valence-electron chi connectivity index (χ4n) is 3.21. The summed E-state index contributed by atoms with van der Waals surface area (Å²) in [5.74, 6) is 0.866. The smallest absolute Gasteiger partial charge is 0.193 e. The number of benzene rings is 1. The minimum absolute atomic E-state index is 0.0929. The van der Waals surface area contributed by atoms with Crippen LogP contribution in [0.15, 0.2) is 29.8 Å². The van der Waals surface area contributed by atoms with Gasteiger partial charge >= 0.3 is 0 Å². The van der Waals surface area contributed by atoms with Crippen LogP contribution in [0.4, 0.5) is 0 Å². The van der Waals surface area contributed by atoms with Crippen molar-refractivity contribution in [3.8, 4) is 5.75 Å². The highest BCUT2D eigenvalue weighted by atomic mass is 28.4. The first-order chi connectivity index (χ1) is 11.1. The van der Waals surface area contributed by atoms with Crippen LogP contribution in [0.25, 0.3) is 0 Å². The number of allylic oxidation sites excluding steroid dienone is 1. The van der Waals surface area contributed by atoms with E-state index in [1.807, 2.05) is 19.1 Å². The minimum atomic E-state index is -1.95. The van der Waals surface area contributed by atoms with E-state index in [0.717, 1.165) is 16.9 Å². The van der Waals surface area contributed by atoms with Gasteiger partial charge in [-0.2, -0.15) is 0 Å². The average Bonchev–Trinajstić information content (AvgIpc) is 2.52. The van der Waals surface area contributed by atoms with Crippen molar-refractivity contribution in [3.63, 3.8) is 0 Å². The van der Waals surface area contributed by atoms with E-state index in [-0.39, 0.29) is 11.1 Å². The van der Waals surface area contributed by atoms with E-state index >= 15 is 0 Å². The van der Waals surface area contributed by atoms with Crippen molar-refractivity contribution in [3.05, 3.63) is 41.0 Å². The van der Waals surface area contributed by atoms with Gasteiger partial charge in [0.05, 0.1) is 7.11 Å². The van der Waals surface area contributed by atoms with Gasteiger partial charge in [0.1, 0.15) is 17.5 Å². The summed E-state index contributed by atoms with van der Waals surface area (Å²) >= 11 is 0. The molecule has 0 N–H and O–H groups in total. The molecule has 0 bridgehead atoms. The molecule has 0 unspecified atom stereocenters. The topological polar surface area (TPSA) is 27.7 Å². The van der Waals surface area contributed by atoms with Crippen LogP contribution in [0.3, 0.4) is 0 Å². The van der Waals surface area contributed by atoms with Gasteiger partial charge in [-0.25, -0.2) is 0 Å². The summed E-state index contributed by atoms with van der Waals surface area (Å²) in [5, 5.41) is 0.144. The molecular formula is C20H32O3Si. The molecule has 1 aliphatic rings. The zero-order chi connectivity index (χ0) is 18.3. The Balaban J connectivity index is 2.61. The summed E-state index contributed by atoms with van der Waals surface area (Å²) in [4.78, 5) is 0. The summed E-state index contributed by atoms with van der Waals surface area (Å²) < 4.78 is 18.6. The molecule has 0 heterocycles. The predicted octanol–water partition coefficient (Wildman–Crippen LogP) is 5.58. The molecule has 4 heteroatoms. The van der Waals surface area contributed by atoms with Crippen LogP contribution >= 0.6 is 0 Å². The summed E-state index contributed by atoms with van der Waals surface area (Å²) in [7, 11) is 1.53. The third-order valence-electron chi connectivity index (χ3n) is 5.86. The molecule has 2 rings (SSSR count). The third kappa shape index (κ3) is 2.65. The van der Waals surface area contributed by atoms with Gasteiger partial charge in [0, 0.05) is 12.7 Å². The Kier molecular flexibility index (Phi) is 5.06. The number of rotatable bonds is 5. The number of ether oxygens (including phenoxy) is 2. The predicted molar refractivity (Wildman–Crippen MR) is 102 cm³/mol. The van der Waals surface area contributed by atoms with Crippen LogP contribution in [0.5, 0.6) is 5.75 Å². The van der Waals surface area contributed by atoms with E-state index in [1.54, 1.807) is 14.2 Å². The summed E-state index contributed by atoms with van der Waals surface area (Å²) in [6.45, 7) is 15.5. The molecule has 3 nitrogen and oxygen atoms in total. The monoisotopic (exact) mass is 348 g/mol. The van der Waals surface area contributed by atoms with Gasteiger partial charge < -0.3 is 13.9 Å². The quantitative estimate of drug-likeness (QED) is 0.513. The molecule has 0 aromatic heterocycles. The lowest BCUT2D eigenvalue weighted by atomic mass is 9.66. The average molecular weight is 349 g/mol. The fraction of sp³-hybridized carbons (Fsp3) is 0.600. The zero-order valence-corrected chi connectivity index (χ0v) is 17.6. The first-order valence-corrected chi connectivity index (χ1v) is 11.5. The molecule has 1 aromatic carbocycles. The zero-order valence-electron chi connectivity index (χ0n) is 16.6. The van der Waals surface area contributed by atoms with Crippen LogP contribution in [0.2, 0.25) is 18.1 Å². The van der Waals surface area contributed by atoms with Crippen molar-refractivity contribution in [2.45, 2.75) is 64.5 Å². The number of hydrogen-bond acceptors (Lipinski definition) is 3. The minimum Gasteiger partial charge on any atom is -0.496 e. The van der Waals surface area contributed by atoms with Gasteiger partial charge in [-0.1, -0.05) is 39.0 Å². The van der Waals surface area contributed by atoms with E-state index in [9.17, 15) is 0 Å². The van der Waals surface area contributed by atoms with Crippen LogP contribution in [0, 0.1) is 0 Å². The normalized spacial score (nSPS) is 24.4. The molecule has 0 saturated carbocycles. The maximum atomic E-state index is 6.81. The second-order valence-corrected chi connectivity index (χ2v) is 12.9. The third-order valence-corrected chi connectivity index (χ3v) is 10.3. The highest BCUT2D eigenvalue weighted by molar-refractivity contribution is 6.74. The molecule has 0 saturated heterocycles. The molecule has 1 aliphatic carbocycles. The van der Waals surface area contributed by atoms with E-state index in [1.165, 1.54) is 5.56 Å². The van der Waals surface area contributed by atoms with Crippen molar-refractivity contribution in [2.24, 2.45) is 0 Å². The van der Waals surface area contributed by atoms with Gasteiger partial charge in [-0.15, -0.1) is 0 Å². The lowest BCUT2D eigenvalue weighted by molar-refractivity contribution is -0.106. The largest absolute Gasteiger partial charge is 0.496 e. The standard InChI is InChI=1S/C20H32O3Si/c1-10-14(2)20(22-7)17-15(12-11-13-16(17)21-6)18(20)23-24(8,9)19(3,4)5/h10-13,18H,1-9H3/b14-10-/t18-,20+/m0/s1. The van der Waals surface area contributed by atoms with Gasteiger partial charge in [0.15, 0.2) is 8.32 Å². The maximum absolute atomic E-state index is 6.81. The molecule has 1 aromatic rings. The van der Waals surface area contributed by atoms with Gasteiger partial charge in [0.2, 0.25) is 0 Å². The van der Waals surface area contributed by atoms with E-state index < -0.39 is 13.9 Å². The Hall–Kier alpha value is -1.10. The Labute approximate surface area is 148 Å². The number of fused-ring (bicyclic) bond motifs is 1. The summed E-state index contributed by atoms with van der Waals surface area (Å²) in [6, 6.07) is 6.16. The van der Waals surface area contributed by atoms with Gasteiger partial charge in [0.25, 0.3) is 0 Å². The second-order valence-electron chi connectivity index (χ2n) is 8.09. The molecule has 0 fully saturated rings. The molecule has 0 aliphatic heterocycles. The SMILES string of the molecule is C/C=C(/C)[C@@]1(OC)c2c(OC)cccc2[C@@H]1O[Si](C)(C)C(C)(C)C. The fourth-order valence-corrected chi connectivity index (χ4v) is 4.45. The molecule has 24 heavy (non-hydrogen) atoms. The van der Waals surface area contributed by atoms with Gasteiger partial charge in [-0.3, -0.25) is 0 Å². The summed E-state index contributed by atoms with van der Waals surface area (Å²) in [5.41, 5.74) is 2.88. The van der Waals surface area contributed by atoms with Crippen LogP contribution in [0.1, 0.15) is 51.8 Å². The lowest BCUT2D eigenvalue weighted by Crippen LogP contribution is -2.53. The van der Waals surface area contributed by atoms with E-state index in [0.29, 0.717) is 0 Å². The molecular weight excluding hydrogens is 316 g/mol. The van der Waals surface area contributed by atoms with Crippen molar-refractivity contribution >= 4 is 8.32 Å². The van der Waals surface area contributed by atoms with Crippen molar-refractivity contribution in [1.82, 2.24) is 0 Å². The number of hydrogen-bond donors (Lipinski definition) is 0. The molecule has 2 atom stereocenters. The Bertz CT molecular complexity index is 643. The van der Waals surface area contributed by atoms with Crippen LogP contribution in [-0.2, 0) is 14.8 Å². The number of methoxy groups -OCH3 is 2. The van der Waals surface area contributed by atoms with Crippen molar-refractivity contribution in [2.75, 3.05) is 14.2 Å². The van der Waals surface area contributed by atoms with Crippen LogP contribution < -0.4 is 4.74 Å². The summed E-state index contributed by atoms with van der Waals surface area (Å²) in [6.07, 6.45) is 2.02. The van der Waals surface area contributed by atoms with Crippen molar-refractivity contribution in [1.29, 1.82) is 0 Å². The Morgan fingerprint density at radius 1 is 1.21 bits per heavy atom. The highest BCUT2D eigenvalue weighted by Gasteiger charge is 2.58. The lowest BCUT2D eigenvalue weighted by Gasteiger charge is -2.54. The van der Waals surface area contributed by atoms with E-state index in [2.05, 4.69) is 52.9 Å². The molecule has 0 amide bonds. The molecule has 134 valence electrons. The Morgan fingerprint density at radius 2 is 1.83 bits per heavy atom. The first kappa shape index (κ1) is 19.2. The first-order valence-electron chi connectivity index (χ1n) is 8.60. The molecule has 0 spiro atoms. The maximum Gasteiger partial charge on any atom is 0.193 e. The van der Waals surface area contributed by atoms with Crippen molar-refractivity contribution < 1.29 is 13.9 Å².